The standard InChI is InChI=1S/C8H7N3OS/c1-5-7(13-4-10-5)8-9-3-2-6(12)11-8/h2-4H,1H3,(H,9,11,12). The number of hydrogen-bond acceptors (Lipinski definition) is 4. The van der Waals surface area contributed by atoms with Gasteiger partial charge >= 0.3 is 0 Å². The van der Waals surface area contributed by atoms with Crippen molar-refractivity contribution in [3.05, 3.63) is 33.8 Å². The fraction of sp³-hybridized carbons (Fsp3) is 0.125. The Balaban J connectivity index is 2.59. The Morgan fingerprint density at radius 3 is 2.92 bits per heavy atom. The van der Waals surface area contributed by atoms with Crippen molar-refractivity contribution in [1.29, 1.82) is 0 Å². The first-order chi connectivity index (χ1) is 6.27. The van der Waals surface area contributed by atoms with Crippen LogP contribution in [0.4, 0.5) is 0 Å². The SMILES string of the molecule is Cc1ncsc1-c1nccc(=O)[nH]1. The van der Waals surface area contributed by atoms with E-state index >= 15 is 0 Å². The molecule has 0 aliphatic carbocycles. The van der Waals surface area contributed by atoms with E-state index in [1.807, 2.05) is 6.92 Å². The maximum Gasteiger partial charge on any atom is 0.251 e. The molecule has 2 aromatic rings. The summed E-state index contributed by atoms with van der Waals surface area (Å²) in [7, 11) is 0. The monoisotopic (exact) mass is 193 g/mol. The Morgan fingerprint density at radius 1 is 1.46 bits per heavy atom. The number of hydrogen-bond donors (Lipinski definition) is 1. The lowest BCUT2D eigenvalue weighted by Gasteiger charge is -1.95. The minimum Gasteiger partial charge on any atom is -0.306 e. The summed E-state index contributed by atoms with van der Waals surface area (Å²) in [6.07, 6.45) is 1.49. The highest BCUT2D eigenvalue weighted by Gasteiger charge is 2.05. The van der Waals surface area contributed by atoms with Gasteiger partial charge in [0.15, 0.2) is 5.82 Å². The van der Waals surface area contributed by atoms with Crippen LogP contribution in [0.25, 0.3) is 10.7 Å². The maximum absolute atomic E-state index is 11.0. The van der Waals surface area contributed by atoms with Crippen molar-refractivity contribution in [1.82, 2.24) is 15.0 Å². The molecule has 2 rings (SSSR count). The van der Waals surface area contributed by atoms with E-state index in [0.29, 0.717) is 5.82 Å². The van der Waals surface area contributed by atoms with Crippen LogP contribution in [0.5, 0.6) is 0 Å². The fourth-order valence-electron chi connectivity index (χ4n) is 1.01. The summed E-state index contributed by atoms with van der Waals surface area (Å²) in [4.78, 5) is 22.7. The van der Waals surface area contributed by atoms with Crippen molar-refractivity contribution in [2.75, 3.05) is 0 Å². The molecular weight excluding hydrogens is 186 g/mol. The normalized spacial score (nSPS) is 10.2. The molecule has 66 valence electrons. The maximum atomic E-state index is 11.0. The molecule has 2 aromatic heterocycles. The average molecular weight is 193 g/mol. The summed E-state index contributed by atoms with van der Waals surface area (Å²) in [6, 6.07) is 1.39. The molecule has 0 atom stereocenters. The average Bonchev–Trinajstić information content (AvgIpc) is 2.51. The van der Waals surface area contributed by atoms with Crippen LogP contribution in [-0.4, -0.2) is 15.0 Å². The van der Waals surface area contributed by atoms with Gasteiger partial charge in [-0.2, -0.15) is 0 Å². The summed E-state index contributed by atoms with van der Waals surface area (Å²) >= 11 is 1.47. The first kappa shape index (κ1) is 8.12. The van der Waals surface area contributed by atoms with E-state index < -0.39 is 0 Å². The molecule has 5 heteroatoms. The van der Waals surface area contributed by atoms with Crippen molar-refractivity contribution in [2.24, 2.45) is 0 Å². The summed E-state index contributed by atoms with van der Waals surface area (Å²) in [5, 5.41) is 0. The van der Waals surface area contributed by atoms with Crippen LogP contribution in [0.3, 0.4) is 0 Å². The zero-order valence-electron chi connectivity index (χ0n) is 6.94. The second-order valence-electron chi connectivity index (χ2n) is 2.55. The summed E-state index contributed by atoms with van der Waals surface area (Å²) in [6.45, 7) is 1.89. The number of aromatic nitrogens is 3. The third-order valence-electron chi connectivity index (χ3n) is 1.63. The Labute approximate surface area is 78.3 Å². The lowest BCUT2D eigenvalue weighted by atomic mass is 10.4. The molecule has 0 unspecified atom stereocenters. The molecule has 0 spiro atoms. The third kappa shape index (κ3) is 1.50. The van der Waals surface area contributed by atoms with Crippen LogP contribution in [0.2, 0.25) is 0 Å². The lowest BCUT2D eigenvalue weighted by Crippen LogP contribution is -2.05. The van der Waals surface area contributed by atoms with Crippen molar-refractivity contribution in [3.8, 4) is 10.7 Å². The van der Waals surface area contributed by atoms with Crippen molar-refractivity contribution in [3.63, 3.8) is 0 Å². The highest BCUT2D eigenvalue weighted by atomic mass is 32.1. The number of nitrogens with zero attached hydrogens (tertiary/aromatic N) is 2. The first-order valence-electron chi connectivity index (χ1n) is 3.73. The number of nitrogens with one attached hydrogen (secondary N) is 1. The van der Waals surface area contributed by atoms with E-state index in [-0.39, 0.29) is 5.56 Å². The van der Waals surface area contributed by atoms with Gasteiger partial charge in [0, 0.05) is 12.3 Å². The zero-order valence-corrected chi connectivity index (χ0v) is 7.76. The molecule has 0 radical (unpaired) electrons. The van der Waals surface area contributed by atoms with Crippen LogP contribution >= 0.6 is 11.3 Å². The molecular formula is C8H7N3OS. The Morgan fingerprint density at radius 2 is 2.31 bits per heavy atom. The van der Waals surface area contributed by atoms with Gasteiger partial charge in [-0.15, -0.1) is 11.3 Å². The smallest absolute Gasteiger partial charge is 0.251 e. The van der Waals surface area contributed by atoms with Gasteiger partial charge in [0.25, 0.3) is 5.56 Å². The third-order valence-corrected chi connectivity index (χ3v) is 2.57. The molecule has 13 heavy (non-hydrogen) atoms. The van der Waals surface area contributed by atoms with Crippen LogP contribution in [0.15, 0.2) is 22.6 Å². The number of rotatable bonds is 1. The molecule has 0 amide bonds. The zero-order chi connectivity index (χ0) is 9.26. The Kier molecular flexibility index (Phi) is 1.94. The fourth-order valence-corrected chi connectivity index (χ4v) is 1.77. The van der Waals surface area contributed by atoms with Crippen LogP contribution in [0.1, 0.15) is 5.69 Å². The van der Waals surface area contributed by atoms with Gasteiger partial charge in [0.05, 0.1) is 16.1 Å². The highest BCUT2D eigenvalue weighted by Crippen LogP contribution is 2.21. The molecule has 0 saturated heterocycles. The highest BCUT2D eigenvalue weighted by molar-refractivity contribution is 7.13. The predicted octanol–water partition coefficient (Wildman–Crippen LogP) is 1.20. The topological polar surface area (TPSA) is 58.6 Å². The van der Waals surface area contributed by atoms with E-state index in [1.165, 1.54) is 23.6 Å². The van der Waals surface area contributed by atoms with Crippen LogP contribution in [0, 0.1) is 6.92 Å². The molecule has 4 nitrogen and oxygen atoms in total. The summed E-state index contributed by atoms with van der Waals surface area (Å²) in [5.41, 5.74) is 2.48. The van der Waals surface area contributed by atoms with Crippen molar-refractivity contribution >= 4 is 11.3 Å². The van der Waals surface area contributed by atoms with Gasteiger partial charge in [0.2, 0.25) is 0 Å². The Bertz CT molecular complexity index is 474. The quantitative estimate of drug-likeness (QED) is 0.740. The number of thiazole rings is 1. The molecule has 2 heterocycles. The van der Waals surface area contributed by atoms with Crippen molar-refractivity contribution in [2.45, 2.75) is 6.92 Å². The van der Waals surface area contributed by atoms with Gasteiger partial charge in [-0.3, -0.25) is 4.79 Å². The van der Waals surface area contributed by atoms with Gasteiger partial charge in [-0.1, -0.05) is 0 Å². The van der Waals surface area contributed by atoms with Gasteiger partial charge < -0.3 is 4.98 Å². The first-order valence-corrected chi connectivity index (χ1v) is 4.61. The Hall–Kier alpha value is -1.49. The molecule has 0 aliphatic heterocycles. The summed E-state index contributed by atoms with van der Waals surface area (Å²) < 4.78 is 0. The molecule has 1 N–H and O–H groups in total. The van der Waals surface area contributed by atoms with Gasteiger partial charge in [0.1, 0.15) is 0 Å². The molecule has 0 aromatic carbocycles. The van der Waals surface area contributed by atoms with E-state index in [9.17, 15) is 4.79 Å². The molecule has 0 aliphatic rings. The van der Waals surface area contributed by atoms with E-state index in [4.69, 9.17) is 0 Å². The molecule has 0 saturated carbocycles. The predicted molar refractivity (Wildman–Crippen MR) is 50.7 cm³/mol. The van der Waals surface area contributed by atoms with E-state index in [2.05, 4.69) is 15.0 Å². The van der Waals surface area contributed by atoms with E-state index in [1.54, 1.807) is 5.51 Å². The second kappa shape index (κ2) is 3.10. The summed E-state index contributed by atoms with van der Waals surface area (Å²) in [5.74, 6) is 0.590. The van der Waals surface area contributed by atoms with Gasteiger partial charge in [-0.25, -0.2) is 9.97 Å². The van der Waals surface area contributed by atoms with Crippen LogP contribution in [-0.2, 0) is 0 Å². The molecule has 0 fully saturated rings. The minimum absolute atomic E-state index is 0.141. The number of aryl methyl sites for hydroxylation is 1. The second-order valence-corrected chi connectivity index (χ2v) is 3.40. The largest absolute Gasteiger partial charge is 0.306 e. The van der Waals surface area contributed by atoms with Crippen LogP contribution < -0.4 is 5.56 Å². The number of H-pyrrole nitrogens is 1. The molecule has 0 bridgehead atoms. The lowest BCUT2D eigenvalue weighted by molar-refractivity contribution is 1.12. The minimum atomic E-state index is -0.141. The number of aromatic amines is 1. The van der Waals surface area contributed by atoms with E-state index in [0.717, 1.165) is 10.6 Å². The van der Waals surface area contributed by atoms with Gasteiger partial charge in [-0.05, 0) is 6.92 Å². The van der Waals surface area contributed by atoms with Crippen molar-refractivity contribution < 1.29 is 0 Å².